The van der Waals surface area contributed by atoms with E-state index in [9.17, 15) is 18.4 Å². The Labute approximate surface area is 207 Å². The van der Waals surface area contributed by atoms with Gasteiger partial charge in [0.1, 0.15) is 11.6 Å². The maximum atomic E-state index is 13.5. The number of fused-ring (bicyclic) bond motifs is 1. The molecule has 186 valence electrons. The van der Waals surface area contributed by atoms with E-state index < -0.39 is 0 Å². The molecule has 2 aliphatic heterocycles. The van der Waals surface area contributed by atoms with E-state index in [1.165, 1.54) is 24.3 Å². The van der Waals surface area contributed by atoms with Crippen LogP contribution in [0, 0.1) is 11.6 Å². The average Bonchev–Trinajstić information content (AvgIpc) is 3.38. The first-order valence-electron chi connectivity index (χ1n) is 11.7. The van der Waals surface area contributed by atoms with Crippen LogP contribution in [0.3, 0.4) is 0 Å². The Morgan fingerprint density at radius 3 is 2.00 bits per heavy atom. The molecule has 3 aromatic rings. The molecular weight excluding hydrogens is 468 g/mol. The van der Waals surface area contributed by atoms with E-state index in [1.807, 2.05) is 0 Å². The first kappa shape index (κ1) is 23.7. The number of hydrogen-bond donors (Lipinski definition) is 1. The highest BCUT2D eigenvalue weighted by atomic mass is 19.1. The first-order valence-corrected chi connectivity index (χ1v) is 11.7. The van der Waals surface area contributed by atoms with E-state index in [1.54, 1.807) is 47.4 Å². The van der Waals surface area contributed by atoms with E-state index in [2.05, 4.69) is 10.2 Å². The molecule has 1 saturated heterocycles. The quantitative estimate of drug-likeness (QED) is 0.570. The van der Waals surface area contributed by atoms with Gasteiger partial charge in [-0.1, -0.05) is 24.3 Å². The molecule has 0 bridgehead atoms. The Kier molecular flexibility index (Phi) is 6.81. The molecule has 7 nitrogen and oxygen atoms in total. The van der Waals surface area contributed by atoms with Gasteiger partial charge in [0.25, 0.3) is 5.91 Å². The Morgan fingerprint density at radius 2 is 1.39 bits per heavy atom. The van der Waals surface area contributed by atoms with Crippen molar-refractivity contribution in [2.45, 2.75) is 6.04 Å². The lowest BCUT2D eigenvalue weighted by molar-refractivity contribution is -0.132. The third-order valence-corrected chi connectivity index (χ3v) is 6.44. The third-order valence-electron chi connectivity index (χ3n) is 6.44. The topological polar surface area (TPSA) is 71.1 Å². The van der Waals surface area contributed by atoms with Crippen LogP contribution in [0.5, 0.6) is 11.5 Å². The molecule has 36 heavy (non-hydrogen) atoms. The highest BCUT2D eigenvalue weighted by molar-refractivity contribution is 5.97. The van der Waals surface area contributed by atoms with Crippen LogP contribution in [0.4, 0.5) is 8.78 Å². The van der Waals surface area contributed by atoms with E-state index in [4.69, 9.17) is 9.47 Å². The lowest BCUT2D eigenvalue weighted by atomic mass is 9.96. The van der Waals surface area contributed by atoms with Gasteiger partial charge in [-0.05, 0) is 53.6 Å². The zero-order chi connectivity index (χ0) is 25.1. The number of rotatable bonds is 6. The lowest BCUT2D eigenvalue weighted by Crippen LogP contribution is -2.52. The molecule has 0 saturated carbocycles. The minimum absolute atomic E-state index is 0.118. The van der Waals surface area contributed by atoms with Gasteiger partial charge in [-0.25, -0.2) is 8.78 Å². The minimum atomic E-state index is -0.368. The number of halogens is 2. The summed E-state index contributed by atoms with van der Waals surface area (Å²) in [5, 5.41) is 2.67. The molecule has 0 spiro atoms. The Bertz CT molecular complexity index is 1200. The van der Waals surface area contributed by atoms with Gasteiger partial charge in [-0.3, -0.25) is 14.5 Å². The third kappa shape index (κ3) is 5.16. The van der Waals surface area contributed by atoms with E-state index in [-0.39, 0.29) is 42.8 Å². The monoisotopic (exact) mass is 493 g/mol. The average molecular weight is 494 g/mol. The number of ether oxygens (including phenoxy) is 2. The molecule has 0 aliphatic carbocycles. The van der Waals surface area contributed by atoms with Gasteiger partial charge in [-0.2, -0.15) is 0 Å². The largest absolute Gasteiger partial charge is 0.454 e. The molecule has 3 aromatic carbocycles. The predicted molar refractivity (Wildman–Crippen MR) is 128 cm³/mol. The van der Waals surface area contributed by atoms with Crippen LogP contribution in [0.2, 0.25) is 0 Å². The summed E-state index contributed by atoms with van der Waals surface area (Å²) in [6.07, 6.45) is 0. The molecule has 9 heteroatoms. The number of nitrogens with zero attached hydrogens (tertiary/aromatic N) is 2. The van der Waals surface area contributed by atoms with Crippen molar-refractivity contribution in [1.82, 2.24) is 15.1 Å². The maximum Gasteiger partial charge on any atom is 0.251 e. The Morgan fingerprint density at radius 1 is 0.806 bits per heavy atom. The number of carbonyl (C=O) groups excluding carboxylic acids is 2. The smallest absolute Gasteiger partial charge is 0.251 e. The van der Waals surface area contributed by atoms with Crippen molar-refractivity contribution in [2.24, 2.45) is 0 Å². The summed E-state index contributed by atoms with van der Waals surface area (Å²) < 4.78 is 37.6. The van der Waals surface area contributed by atoms with Crippen LogP contribution in [0.25, 0.3) is 0 Å². The van der Waals surface area contributed by atoms with Crippen molar-refractivity contribution >= 4 is 11.8 Å². The maximum absolute atomic E-state index is 13.5. The van der Waals surface area contributed by atoms with Crippen molar-refractivity contribution in [3.63, 3.8) is 0 Å². The number of nitrogens with one attached hydrogen (secondary N) is 1. The van der Waals surface area contributed by atoms with Crippen molar-refractivity contribution < 1.29 is 27.8 Å². The van der Waals surface area contributed by atoms with Gasteiger partial charge in [-0.15, -0.1) is 0 Å². The van der Waals surface area contributed by atoms with Crippen molar-refractivity contribution in [2.75, 3.05) is 39.5 Å². The molecule has 1 fully saturated rings. The van der Waals surface area contributed by atoms with Gasteiger partial charge >= 0.3 is 0 Å². The highest BCUT2D eigenvalue weighted by Gasteiger charge is 2.28. The van der Waals surface area contributed by atoms with Gasteiger partial charge < -0.3 is 19.7 Å². The molecule has 0 unspecified atom stereocenters. The van der Waals surface area contributed by atoms with Crippen LogP contribution < -0.4 is 14.8 Å². The fourth-order valence-corrected chi connectivity index (χ4v) is 4.54. The Hall–Kier alpha value is -3.98. The number of amides is 2. The van der Waals surface area contributed by atoms with E-state index in [0.717, 1.165) is 11.1 Å². The standard InChI is InChI=1S/C27H25F2N3O4/c28-21-6-1-18(2-7-21)26(19-3-8-22(29)9-4-19)32-13-11-31(12-14-32)25(33)16-30-27(34)20-5-10-23-24(15-20)36-17-35-23/h1-10,15,26H,11-14,16-17H2,(H,30,34). The van der Waals surface area contributed by atoms with Crippen LogP contribution in [0.1, 0.15) is 27.5 Å². The predicted octanol–water partition coefficient (Wildman–Crippen LogP) is 3.36. The summed E-state index contributed by atoms with van der Waals surface area (Å²) in [7, 11) is 0. The van der Waals surface area contributed by atoms with Crippen LogP contribution >= 0.6 is 0 Å². The minimum Gasteiger partial charge on any atom is -0.454 e. The molecule has 2 heterocycles. The lowest BCUT2D eigenvalue weighted by Gasteiger charge is -2.39. The fraction of sp³-hybridized carbons (Fsp3) is 0.259. The summed E-state index contributed by atoms with van der Waals surface area (Å²) >= 11 is 0. The van der Waals surface area contributed by atoms with Crippen LogP contribution in [-0.2, 0) is 4.79 Å². The van der Waals surface area contributed by atoms with Crippen molar-refractivity contribution in [3.8, 4) is 11.5 Å². The highest BCUT2D eigenvalue weighted by Crippen LogP contribution is 2.32. The number of piperazine rings is 1. The first-order chi connectivity index (χ1) is 17.5. The van der Waals surface area contributed by atoms with Crippen LogP contribution in [0.15, 0.2) is 66.7 Å². The number of benzene rings is 3. The second-order valence-electron chi connectivity index (χ2n) is 8.67. The molecule has 2 amide bonds. The fourth-order valence-electron chi connectivity index (χ4n) is 4.54. The summed E-state index contributed by atoms with van der Waals surface area (Å²) in [5.41, 5.74) is 2.16. The molecular formula is C27H25F2N3O4. The number of hydrogen-bond acceptors (Lipinski definition) is 5. The Balaban J connectivity index is 1.20. The summed E-state index contributed by atoms with van der Waals surface area (Å²) in [6.45, 7) is 2.08. The zero-order valence-corrected chi connectivity index (χ0v) is 19.5. The summed E-state index contributed by atoms with van der Waals surface area (Å²) in [6, 6.07) is 17.2. The van der Waals surface area contributed by atoms with E-state index in [0.29, 0.717) is 43.2 Å². The van der Waals surface area contributed by atoms with E-state index >= 15 is 0 Å². The van der Waals surface area contributed by atoms with Crippen LogP contribution in [-0.4, -0.2) is 61.1 Å². The summed E-state index contributed by atoms with van der Waals surface area (Å²) in [5.74, 6) is -0.108. The van der Waals surface area contributed by atoms with Gasteiger partial charge in [0.15, 0.2) is 11.5 Å². The molecule has 0 atom stereocenters. The molecule has 2 aliphatic rings. The van der Waals surface area contributed by atoms with Crippen molar-refractivity contribution in [1.29, 1.82) is 0 Å². The molecule has 1 N–H and O–H groups in total. The van der Waals surface area contributed by atoms with Crippen molar-refractivity contribution in [3.05, 3.63) is 95.1 Å². The van der Waals surface area contributed by atoms with Gasteiger partial charge in [0, 0.05) is 31.7 Å². The van der Waals surface area contributed by atoms with Gasteiger partial charge in [0.05, 0.1) is 12.6 Å². The second-order valence-corrected chi connectivity index (χ2v) is 8.67. The van der Waals surface area contributed by atoms with Gasteiger partial charge in [0.2, 0.25) is 12.7 Å². The normalized spacial score (nSPS) is 15.2. The zero-order valence-electron chi connectivity index (χ0n) is 19.5. The SMILES string of the molecule is O=C(NCC(=O)N1CCN(C(c2ccc(F)cc2)c2ccc(F)cc2)CC1)c1ccc2c(c1)OCO2. The molecule has 5 rings (SSSR count). The second kappa shape index (κ2) is 10.3. The molecule has 0 radical (unpaired) electrons. The molecule has 0 aromatic heterocycles. The summed E-state index contributed by atoms with van der Waals surface area (Å²) in [4.78, 5) is 29.2. The number of carbonyl (C=O) groups is 2.